The van der Waals surface area contributed by atoms with E-state index in [1.165, 1.54) is 5.56 Å². The van der Waals surface area contributed by atoms with E-state index in [2.05, 4.69) is 27.7 Å². The van der Waals surface area contributed by atoms with E-state index in [-0.39, 0.29) is 23.8 Å². The summed E-state index contributed by atoms with van der Waals surface area (Å²) in [5.41, 5.74) is 1.82. The van der Waals surface area contributed by atoms with Gasteiger partial charge < -0.3 is 15.4 Å². The van der Waals surface area contributed by atoms with Gasteiger partial charge in [0.15, 0.2) is 0 Å². The summed E-state index contributed by atoms with van der Waals surface area (Å²) in [6, 6.07) is 18.8. The Labute approximate surface area is 185 Å². The summed E-state index contributed by atoms with van der Waals surface area (Å²) in [5, 5.41) is 5.91. The largest absolute Gasteiger partial charge is 0.374 e. The van der Waals surface area contributed by atoms with E-state index in [0.717, 1.165) is 26.1 Å². The molecule has 1 saturated heterocycles. The van der Waals surface area contributed by atoms with Crippen LogP contribution in [-0.4, -0.2) is 55.1 Å². The lowest BCUT2D eigenvalue weighted by atomic mass is 9.97. The molecule has 2 N–H and O–H groups in total. The molecule has 0 saturated carbocycles. The fourth-order valence-electron chi connectivity index (χ4n) is 3.73. The predicted molar refractivity (Wildman–Crippen MR) is 122 cm³/mol. The SMILES string of the molecule is CCC(C)C(NC(=O)c1ccccc1)C(=O)NCC1CN(Cc2ccccc2)CCO1. The van der Waals surface area contributed by atoms with Crippen LogP contribution in [0, 0.1) is 5.92 Å². The number of carbonyl (C=O) groups excluding carboxylic acids is 2. The molecule has 0 spiro atoms. The molecular weight excluding hydrogens is 390 g/mol. The molecule has 6 heteroatoms. The minimum Gasteiger partial charge on any atom is -0.374 e. The number of nitrogens with zero attached hydrogens (tertiary/aromatic N) is 1. The van der Waals surface area contributed by atoms with Crippen LogP contribution in [0.2, 0.25) is 0 Å². The van der Waals surface area contributed by atoms with Gasteiger partial charge in [-0.3, -0.25) is 14.5 Å². The normalized spacial score (nSPS) is 18.7. The summed E-state index contributed by atoms with van der Waals surface area (Å²) in [6.45, 7) is 7.59. The first-order valence-electron chi connectivity index (χ1n) is 11.1. The fourth-order valence-corrected chi connectivity index (χ4v) is 3.73. The van der Waals surface area contributed by atoms with Crippen LogP contribution in [0.1, 0.15) is 36.2 Å². The van der Waals surface area contributed by atoms with Crippen molar-refractivity contribution in [2.24, 2.45) is 5.92 Å². The average molecular weight is 424 g/mol. The van der Waals surface area contributed by atoms with Crippen molar-refractivity contribution >= 4 is 11.8 Å². The third-order valence-corrected chi connectivity index (χ3v) is 5.79. The van der Waals surface area contributed by atoms with Gasteiger partial charge in [0.1, 0.15) is 6.04 Å². The minimum absolute atomic E-state index is 0.0227. The lowest BCUT2D eigenvalue weighted by molar-refractivity contribution is -0.125. The highest BCUT2D eigenvalue weighted by Gasteiger charge is 2.28. The van der Waals surface area contributed by atoms with E-state index in [9.17, 15) is 9.59 Å². The summed E-state index contributed by atoms with van der Waals surface area (Å²) in [4.78, 5) is 27.9. The number of hydrogen-bond donors (Lipinski definition) is 2. The topological polar surface area (TPSA) is 70.7 Å². The molecule has 0 bridgehead atoms. The molecule has 6 nitrogen and oxygen atoms in total. The van der Waals surface area contributed by atoms with Crippen LogP contribution in [0.15, 0.2) is 60.7 Å². The maximum atomic E-state index is 12.9. The van der Waals surface area contributed by atoms with Gasteiger partial charge in [0.05, 0.1) is 12.7 Å². The molecule has 1 fully saturated rings. The number of morpholine rings is 1. The zero-order valence-corrected chi connectivity index (χ0v) is 18.4. The molecule has 1 heterocycles. The van der Waals surface area contributed by atoms with Crippen LogP contribution in [0.4, 0.5) is 0 Å². The first kappa shape index (κ1) is 23.0. The zero-order valence-electron chi connectivity index (χ0n) is 18.4. The van der Waals surface area contributed by atoms with Crippen molar-refractivity contribution in [1.29, 1.82) is 0 Å². The Kier molecular flexibility index (Phi) is 8.62. The third kappa shape index (κ3) is 6.91. The standard InChI is InChI=1S/C25H33N3O3/c1-3-19(2)23(27-24(29)21-12-8-5-9-13-21)25(30)26-16-22-18-28(14-15-31-22)17-20-10-6-4-7-11-20/h4-13,19,22-23H,3,14-18H2,1-2H3,(H,26,30)(H,27,29). The van der Waals surface area contributed by atoms with Crippen molar-refractivity contribution in [2.45, 2.75) is 39.0 Å². The molecule has 0 radical (unpaired) electrons. The molecular formula is C25H33N3O3. The smallest absolute Gasteiger partial charge is 0.251 e. The molecule has 1 aliphatic rings. The van der Waals surface area contributed by atoms with E-state index in [1.807, 2.05) is 50.2 Å². The second-order valence-electron chi connectivity index (χ2n) is 8.16. The van der Waals surface area contributed by atoms with E-state index < -0.39 is 6.04 Å². The number of carbonyl (C=O) groups is 2. The molecule has 0 aromatic heterocycles. The van der Waals surface area contributed by atoms with Gasteiger partial charge in [-0.15, -0.1) is 0 Å². The van der Waals surface area contributed by atoms with E-state index in [1.54, 1.807) is 12.1 Å². The summed E-state index contributed by atoms with van der Waals surface area (Å²) in [5.74, 6) is -0.374. The molecule has 0 aliphatic carbocycles. The van der Waals surface area contributed by atoms with E-state index in [0.29, 0.717) is 18.7 Å². The van der Waals surface area contributed by atoms with Gasteiger partial charge in [0.2, 0.25) is 5.91 Å². The first-order chi connectivity index (χ1) is 15.1. The van der Waals surface area contributed by atoms with Gasteiger partial charge >= 0.3 is 0 Å². The Bertz CT molecular complexity index is 828. The zero-order chi connectivity index (χ0) is 22.1. The minimum atomic E-state index is -0.582. The van der Waals surface area contributed by atoms with Gasteiger partial charge in [-0.05, 0) is 23.6 Å². The quantitative estimate of drug-likeness (QED) is 0.651. The van der Waals surface area contributed by atoms with Gasteiger partial charge in [0.25, 0.3) is 5.91 Å². The maximum absolute atomic E-state index is 12.9. The first-order valence-corrected chi connectivity index (χ1v) is 11.1. The molecule has 31 heavy (non-hydrogen) atoms. The Balaban J connectivity index is 1.53. The van der Waals surface area contributed by atoms with Crippen LogP contribution in [0.25, 0.3) is 0 Å². The van der Waals surface area contributed by atoms with Crippen molar-refractivity contribution in [1.82, 2.24) is 15.5 Å². The van der Waals surface area contributed by atoms with Crippen molar-refractivity contribution in [3.05, 3.63) is 71.8 Å². The van der Waals surface area contributed by atoms with Crippen LogP contribution in [0.5, 0.6) is 0 Å². The second kappa shape index (κ2) is 11.6. The highest BCUT2D eigenvalue weighted by molar-refractivity contribution is 5.97. The predicted octanol–water partition coefficient (Wildman–Crippen LogP) is 2.85. The Hall–Kier alpha value is -2.70. The van der Waals surface area contributed by atoms with Crippen LogP contribution < -0.4 is 10.6 Å². The van der Waals surface area contributed by atoms with Crippen molar-refractivity contribution in [3.8, 4) is 0 Å². The third-order valence-electron chi connectivity index (χ3n) is 5.79. The number of rotatable bonds is 9. The number of hydrogen-bond acceptors (Lipinski definition) is 4. The lowest BCUT2D eigenvalue weighted by Crippen LogP contribution is -2.53. The summed E-state index contributed by atoms with van der Waals surface area (Å²) in [7, 11) is 0. The Morgan fingerprint density at radius 1 is 1.10 bits per heavy atom. The summed E-state index contributed by atoms with van der Waals surface area (Å²) >= 11 is 0. The summed E-state index contributed by atoms with van der Waals surface area (Å²) < 4.78 is 5.87. The van der Waals surface area contributed by atoms with E-state index in [4.69, 9.17) is 4.74 Å². The summed E-state index contributed by atoms with van der Waals surface area (Å²) in [6.07, 6.45) is 0.724. The molecule has 2 aromatic rings. The highest BCUT2D eigenvalue weighted by atomic mass is 16.5. The van der Waals surface area contributed by atoms with Crippen molar-refractivity contribution in [2.75, 3.05) is 26.2 Å². The molecule has 3 atom stereocenters. The lowest BCUT2D eigenvalue weighted by Gasteiger charge is -2.33. The van der Waals surface area contributed by atoms with Gasteiger partial charge in [-0.1, -0.05) is 68.8 Å². The van der Waals surface area contributed by atoms with Crippen LogP contribution in [-0.2, 0) is 16.1 Å². The molecule has 166 valence electrons. The van der Waals surface area contributed by atoms with Crippen molar-refractivity contribution < 1.29 is 14.3 Å². The maximum Gasteiger partial charge on any atom is 0.251 e. The number of amides is 2. The molecule has 3 unspecified atom stereocenters. The van der Waals surface area contributed by atoms with E-state index >= 15 is 0 Å². The van der Waals surface area contributed by atoms with Crippen molar-refractivity contribution in [3.63, 3.8) is 0 Å². The van der Waals surface area contributed by atoms with Crippen LogP contribution >= 0.6 is 0 Å². The number of benzene rings is 2. The van der Waals surface area contributed by atoms with Gasteiger partial charge in [-0.2, -0.15) is 0 Å². The molecule has 1 aliphatic heterocycles. The van der Waals surface area contributed by atoms with Gasteiger partial charge in [0, 0.05) is 31.7 Å². The fraction of sp³-hybridized carbons (Fsp3) is 0.440. The Morgan fingerprint density at radius 3 is 2.45 bits per heavy atom. The average Bonchev–Trinajstić information content (AvgIpc) is 2.82. The highest BCUT2D eigenvalue weighted by Crippen LogP contribution is 2.12. The molecule has 2 amide bonds. The number of nitrogens with one attached hydrogen (secondary N) is 2. The monoisotopic (exact) mass is 423 g/mol. The molecule has 3 rings (SSSR count). The molecule has 2 aromatic carbocycles. The number of ether oxygens (including phenoxy) is 1. The van der Waals surface area contributed by atoms with Gasteiger partial charge in [-0.25, -0.2) is 0 Å². The second-order valence-corrected chi connectivity index (χ2v) is 8.16. The Morgan fingerprint density at radius 2 is 1.77 bits per heavy atom. The van der Waals surface area contributed by atoms with Crippen LogP contribution in [0.3, 0.4) is 0 Å².